The summed E-state index contributed by atoms with van der Waals surface area (Å²) < 4.78 is 14.3. The van der Waals surface area contributed by atoms with E-state index in [0.29, 0.717) is 4.47 Å². The summed E-state index contributed by atoms with van der Waals surface area (Å²) in [5, 5.41) is 3.56. The highest BCUT2D eigenvalue weighted by Crippen LogP contribution is 2.26. The third-order valence-electron chi connectivity index (χ3n) is 3.54. The van der Waals surface area contributed by atoms with Crippen LogP contribution in [0.1, 0.15) is 36.1 Å². The highest BCUT2D eigenvalue weighted by Gasteiger charge is 2.14. The molecule has 0 bridgehead atoms. The zero-order chi connectivity index (χ0) is 15.2. The first-order valence-corrected chi connectivity index (χ1v) is 8.14. The third-order valence-corrected chi connectivity index (χ3v) is 4.43. The minimum absolute atomic E-state index is 0.197. The number of benzene rings is 2. The van der Waals surface area contributed by atoms with E-state index in [1.165, 1.54) is 17.2 Å². The van der Waals surface area contributed by atoms with Crippen molar-refractivity contribution in [1.29, 1.82) is 0 Å². The van der Waals surface area contributed by atoms with Gasteiger partial charge < -0.3 is 5.32 Å². The van der Waals surface area contributed by atoms with Gasteiger partial charge in [0, 0.05) is 6.04 Å². The van der Waals surface area contributed by atoms with Crippen LogP contribution < -0.4 is 5.32 Å². The van der Waals surface area contributed by atoms with E-state index in [0.717, 1.165) is 24.9 Å². The summed E-state index contributed by atoms with van der Waals surface area (Å²) in [6.07, 6.45) is 1.84. The van der Waals surface area contributed by atoms with Gasteiger partial charge >= 0.3 is 0 Å². The largest absolute Gasteiger partial charge is 0.310 e. The van der Waals surface area contributed by atoms with Crippen molar-refractivity contribution in [3.63, 3.8) is 0 Å². The quantitative estimate of drug-likeness (QED) is 0.757. The molecule has 1 nitrogen and oxygen atoms in total. The van der Waals surface area contributed by atoms with Crippen LogP contribution in [0.25, 0.3) is 0 Å². The molecule has 0 aliphatic carbocycles. The van der Waals surface area contributed by atoms with Crippen molar-refractivity contribution < 1.29 is 4.39 Å². The molecule has 0 aromatic heterocycles. The minimum Gasteiger partial charge on any atom is -0.310 e. The van der Waals surface area contributed by atoms with E-state index in [2.05, 4.69) is 59.4 Å². The van der Waals surface area contributed by atoms with Gasteiger partial charge in [-0.15, -0.1) is 0 Å². The summed E-state index contributed by atoms with van der Waals surface area (Å²) in [5.41, 5.74) is 3.49. The molecule has 0 spiro atoms. The standard InChI is InChI=1S/C18H21BrFN/c1-3-10-21-17(14-7-4-6-13(2)11-14)12-15-8-5-9-16(20)18(15)19/h4-9,11,17,21H,3,10,12H2,1-2H3. The van der Waals surface area contributed by atoms with E-state index in [4.69, 9.17) is 0 Å². The average Bonchev–Trinajstić information content (AvgIpc) is 2.47. The lowest BCUT2D eigenvalue weighted by atomic mass is 9.97. The van der Waals surface area contributed by atoms with Crippen LogP contribution in [-0.2, 0) is 6.42 Å². The molecule has 3 heteroatoms. The second-order valence-corrected chi connectivity index (χ2v) is 6.13. The van der Waals surface area contributed by atoms with Crippen molar-refractivity contribution in [3.8, 4) is 0 Å². The van der Waals surface area contributed by atoms with E-state index in [-0.39, 0.29) is 11.9 Å². The van der Waals surface area contributed by atoms with Crippen LogP contribution in [-0.4, -0.2) is 6.54 Å². The molecule has 1 unspecified atom stereocenters. The van der Waals surface area contributed by atoms with Crippen LogP contribution in [0.15, 0.2) is 46.9 Å². The summed E-state index contributed by atoms with van der Waals surface area (Å²) in [6.45, 7) is 5.20. The first kappa shape index (κ1) is 16.2. The number of rotatable bonds is 6. The van der Waals surface area contributed by atoms with Crippen molar-refractivity contribution >= 4 is 15.9 Å². The van der Waals surface area contributed by atoms with Gasteiger partial charge in [-0.2, -0.15) is 0 Å². The fourth-order valence-corrected chi connectivity index (χ4v) is 2.87. The monoisotopic (exact) mass is 349 g/mol. The maximum absolute atomic E-state index is 13.7. The average molecular weight is 350 g/mol. The molecule has 0 radical (unpaired) electrons. The third kappa shape index (κ3) is 4.39. The molecule has 1 N–H and O–H groups in total. The van der Waals surface area contributed by atoms with Crippen LogP contribution in [0, 0.1) is 12.7 Å². The smallest absolute Gasteiger partial charge is 0.137 e. The molecule has 2 aromatic rings. The van der Waals surface area contributed by atoms with Gasteiger partial charge in [0.2, 0.25) is 0 Å². The molecular formula is C18H21BrFN. The van der Waals surface area contributed by atoms with Crippen LogP contribution in [0.4, 0.5) is 4.39 Å². The molecule has 0 amide bonds. The summed E-state index contributed by atoms with van der Waals surface area (Å²) in [7, 11) is 0. The zero-order valence-electron chi connectivity index (χ0n) is 12.5. The first-order valence-electron chi connectivity index (χ1n) is 7.34. The van der Waals surface area contributed by atoms with Crippen molar-refractivity contribution in [3.05, 3.63) is 69.4 Å². The lowest BCUT2D eigenvalue weighted by molar-refractivity contribution is 0.525. The lowest BCUT2D eigenvalue weighted by Gasteiger charge is -2.20. The van der Waals surface area contributed by atoms with Gasteiger partial charge in [0.05, 0.1) is 4.47 Å². The van der Waals surface area contributed by atoms with Gasteiger partial charge in [-0.3, -0.25) is 0 Å². The Morgan fingerprint density at radius 3 is 2.67 bits per heavy atom. The Balaban J connectivity index is 2.26. The molecular weight excluding hydrogens is 329 g/mol. The molecule has 2 rings (SSSR count). The number of hydrogen-bond acceptors (Lipinski definition) is 1. The molecule has 0 fully saturated rings. The van der Waals surface area contributed by atoms with Crippen molar-refractivity contribution in [2.45, 2.75) is 32.7 Å². The Morgan fingerprint density at radius 2 is 1.95 bits per heavy atom. The van der Waals surface area contributed by atoms with Crippen LogP contribution in [0.3, 0.4) is 0 Å². The number of aryl methyl sites for hydroxylation is 1. The van der Waals surface area contributed by atoms with Gasteiger partial charge in [-0.1, -0.05) is 48.9 Å². The Morgan fingerprint density at radius 1 is 1.19 bits per heavy atom. The fourth-order valence-electron chi connectivity index (χ4n) is 2.44. The van der Waals surface area contributed by atoms with Crippen LogP contribution >= 0.6 is 15.9 Å². The normalized spacial score (nSPS) is 12.4. The SMILES string of the molecule is CCCNC(Cc1cccc(F)c1Br)c1cccc(C)c1. The zero-order valence-corrected chi connectivity index (χ0v) is 14.1. The highest BCUT2D eigenvalue weighted by atomic mass is 79.9. The predicted octanol–water partition coefficient (Wildman–Crippen LogP) is 5.18. The Labute approximate surface area is 134 Å². The van der Waals surface area contributed by atoms with E-state index >= 15 is 0 Å². The molecule has 0 saturated carbocycles. The van der Waals surface area contributed by atoms with E-state index in [9.17, 15) is 4.39 Å². The van der Waals surface area contributed by atoms with Gasteiger partial charge in [-0.05, 0) is 59.4 Å². The van der Waals surface area contributed by atoms with Crippen molar-refractivity contribution in [2.24, 2.45) is 0 Å². The van der Waals surface area contributed by atoms with Crippen LogP contribution in [0.2, 0.25) is 0 Å². The summed E-state index contributed by atoms with van der Waals surface area (Å²) >= 11 is 3.36. The second kappa shape index (κ2) is 7.71. The Hall–Kier alpha value is -1.19. The molecule has 0 aliphatic rings. The molecule has 2 aromatic carbocycles. The number of hydrogen-bond donors (Lipinski definition) is 1. The summed E-state index contributed by atoms with van der Waals surface area (Å²) in [6, 6.07) is 13.9. The summed E-state index contributed by atoms with van der Waals surface area (Å²) in [4.78, 5) is 0. The molecule has 112 valence electrons. The molecule has 21 heavy (non-hydrogen) atoms. The maximum Gasteiger partial charge on any atom is 0.137 e. The fraction of sp³-hybridized carbons (Fsp3) is 0.333. The van der Waals surface area contributed by atoms with Crippen molar-refractivity contribution in [2.75, 3.05) is 6.54 Å². The van der Waals surface area contributed by atoms with Gasteiger partial charge in [0.25, 0.3) is 0 Å². The summed E-state index contributed by atoms with van der Waals surface area (Å²) in [5.74, 6) is -0.203. The lowest BCUT2D eigenvalue weighted by Crippen LogP contribution is -2.24. The number of halogens is 2. The van der Waals surface area contributed by atoms with Gasteiger partial charge in [-0.25, -0.2) is 4.39 Å². The van der Waals surface area contributed by atoms with Gasteiger partial charge in [0.1, 0.15) is 5.82 Å². The Bertz CT molecular complexity index is 598. The Kier molecular flexibility index (Phi) is 5.95. The predicted molar refractivity (Wildman–Crippen MR) is 90.0 cm³/mol. The highest BCUT2D eigenvalue weighted by molar-refractivity contribution is 9.10. The van der Waals surface area contributed by atoms with E-state index in [1.54, 1.807) is 6.07 Å². The molecule has 1 atom stereocenters. The number of nitrogens with one attached hydrogen (secondary N) is 1. The first-order chi connectivity index (χ1) is 10.1. The topological polar surface area (TPSA) is 12.0 Å². The van der Waals surface area contributed by atoms with E-state index < -0.39 is 0 Å². The molecule has 0 heterocycles. The molecule has 0 aliphatic heterocycles. The maximum atomic E-state index is 13.7. The van der Waals surface area contributed by atoms with Crippen LogP contribution in [0.5, 0.6) is 0 Å². The minimum atomic E-state index is -0.203. The van der Waals surface area contributed by atoms with Crippen molar-refractivity contribution in [1.82, 2.24) is 5.32 Å². The van der Waals surface area contributed by atoms with E-state index in [1.807, 2.05) is 6.07 Å². The second-order valence-electron chi connectivity index (χ2n) is 5.34. The molecule has 0 saturated heterocycles. The van der Waals surface area contributed by atoms with Gasteiger partial charge in [0.15, 0.2) is 0 Å².